The molecule has 0 radical (unpaired) electrons. The lowest BCUT2D eigenvalue weighted by Gasteiger charge is -2.12. The number of rotatable bonds is 12. The van der Waals surface area contributed by atoms with Crippen LogP contribution in [0.25, 0.3) is 0 Å². The molecule has 0 amide bonds. The van der Waals surface area contributed by atoms with Crippen molar-refractivity contribution in [2.75, 3.05) is 13.1 Å². The molecule has 0 saturated carbocycles. The third kappa shape index (κ3) is 9.11. The molecule has 3 N–H and O–H groups in total. The number of nitrogens with one attached hydrogen (secondary N) is 1. The van der Waals surface area contributed by atoms with Crippen molar-refractivity contribution >= 4 is 0 Å². The van der Waals surface area contributed by atoms with E-state index in [4.69, 9.17) is 5.73 Å². The van der Waals surface area contributed by atoms with Crippen molar-refractivity contribution in [3.05, 3.63) is 35.9 Å². The summed E-state index contributed by atoms with van der Waals surface area (Å²) in [5, 5.41) is 3.49. The van der Waals surface area contributed by atoms with Crippen LogP contribution in [0.1, 0.15) is 57.4 Å². The zero-order valence-electron chi connectivity index (χ0n) is 13.1. The Bertz CT molecular complexity index is 310. The van der Waals surface area contributed by atoms with Crippen molar-refractivity contribution in [3.8, 4) is 0 Å². The molecular weight excluding hydrogens is 244 g/mol. The number of benzene rings is 1. The van der Waals surface area contributed by atoms with Crippen LogP contribution < -0.4 is 11.1 Å². The third-order valence-electron chi connectivity index (χ3n) is 3.76. The number of aryl methyl sites for hydroxylation is 1. The summed E-state index contributed by atoms with van der Waals surface area (Å²) >= 11 is 0. The van der Waals surface area contributed by atoms with Gasteiger partial charge in [0.2, 0.25) is 0 Å². The fourth-order valence-electron chi connectivity index (χ4n) is 2.42. The Balaban J connectivity index is 1.91. The minimum Gasteiger partial charge on any atom is -0.327 e. The van der Waals surface area contributed by atoms with Gasteiger partial charge in [-0.15, -0.1) is 0 Å². The Morgan fingerprint density at radius 3 is 2.45 bits per heavy atom. The predicted octanol–water partition coefficient (Wildman–Crippen LogP) is 3.90. The van der Waals surface area contributed by atoms with E-state index >= 15 is 0 Å². The maximum atomic E-state index is 6.14. The molecule has 0 aliphatic heterocycles. The Labute approximate surface area is 125 Å². The first-order valence-corrected chi connectivity index (χ1v) is 8.33. The van der Waals surface area contributed by atoms with Crippen LogP contribution in [-0.4, -0.2) is 19.1 Å². The molecular formula is C18H32N2. The van der Waals surface area contributed by atoms with Gasteiger partial charge in [-0.05, 0) is 31.4 Å². The molecule has 0 spiro atoms. The van der Waals surface area contributed by atoms with Gasteiger partial charge in [0, 0.05) is 12.6 Å². The van der Waals surface area contributed by atoms with Crippen LogP contribution in [0.2, 0.25) is 0 Å². The molecule has 1 aromatic rings. The van der Waals surface area contributed by atoms with E-state index in [1.54, 1.807) is 0 Å². The summed E-state index contributed by atoms with van der Waals surface area (Å²) in [5.74, 6) is 0. The molecule has 114 valence electrons. The Morgan fingerprint density at radius 2 is 1.70 bits per heavy atom. The number of hydrogen-bond donors (Lipinski definition) is 2. The van der Waals surface area contributed by atoms with Gasteiger partial charge in [0.05, 0.1) is 0 Å². The molecule has 1 atom stereocenters. The van der Waals surface area contributed by atoms with Gasteiger partial charge in [0.25, 0.3) is 0 Å². The van der Waals surface area contributed by atoms with Gasteiger partial charge in [0.1, 0.15) is 0 Å². The molecule has 0 heterocycles. The predicted molar refractivity (Wildman–Crippen MR) is 89.0 cm³/mol. The van der Waals surface area contributed by atoms with E-state index in [2.05, 4.69) is 42.6 Å². The number of nitrogens with two attached hydrogens (primary N) is 1. The van der Waals surface area contributed by atoms with E-state index in [1.807, 2.05) is 0 Å². The third-order valence-corrected chi connectivity index (χ3v) is 3.76. The van der Waals surface area contributed by atoms with Crippen LogP contribution in [-0.2, 0) is 6.42 Å². The fraction of sp³-hybridized carbons (Fsp3) is 0.667. The molecule has 0 fully saturated rings. The Hall–Kier alpha value is -0.860. The summed E-state index contributed by atoms with van der Waals surface area (Å²) in [4.78, 5) is 0. The SMILES string of the molecule is CCCCCCCCNCC(N)CCc1ccccc1. The van der Waals surface area contributed by atoms with Gasteiger partial charge in [-0.2, -0.15) is 0 Å². The van der Waals surface area contributed by atoms with Crippen LogP contribution in [0.4, 0.5) is 0 Å². The highest BCUT2D eigenvalue weighted by Gasteiger charge is 2.02. The van der Waals surface area contributed by atoms with Gasteiger partial charge >= 0.3 is 0 Å². The summed E-state index contributed by atoms with van der Waals surface area (Å²) in [6, 6.07) is 10.9. The first kappa shape index (κ1) is 17.2. The highest BCUT2D eigenvalue weighted by molar-refractivity contribution is 5.14. The van der Waals surface area contributed by atoms with Crippen molar-refractivity contribution in [2.24, 2.45) is 5.73 Å². The summed E-state index contributed by atoms with van der Waals surface area (Å²) < 4.78 is 0. The molecule has 1 rings (SSSR count). The van der Waals surface area contributed by atoms with Crippen molar-refractivity contribution in [1.82, 2.24) is 5.32 Å². The normalized spacial score (nSPS) is 12.5. The lowest BCUT2D eigenvalue weighted by atomic mass is 10.1. The minimum atomic E-state index is 0.273. The smallest absolute Gasteiger partial charge is 0.0168 e. The maximum absolute atomic E-state index is 6.14. The van der Waals surface area contributed by atoms with Gasteiger partial charge < -0.3 is 11.1 Å². The molecule has 2 nitrogen and oxygen atoms in total. The summed E-state index contributed by atoms with van der Waals surface area (Å²) in [6.07, 6.45) is 10.3. The van der Waals surface area contributed by atoms with Crippen LogP contribution in [0.3, 0.4) is 0 Å². The van der Waals surface area contributed by atoms with Crippen molar-refractivity contribution in [2.45, 2.75) is 64.3 Å². The first-order chi connectivity index (χ1) is 9.83. The molecule has 1 unspecified atom stereocenters. The standard InChI is InChI=1S/C18H32N2/c1-2-3-4-5-6-10-15-20-16-18(19)14-13-17-11-8-7-9-12-17/h7-9,11-12,18,20H,2-6,10,13-16,19H2,1H3. The van der Waals surface area contributed by atoms with Crippen molar-refractivity contribution < 1.29 is 0 Å². The summed E-state index contributed by atoms with van der Waals surface area (Å²) in [6.45, 7) is 4.32. The van der Waals surface area contributed by atoms with Crippen molar-refractivity contribution in [1.29, 1.82) is 0 Å². The number of hydrogen-bond acceptors (Lipinski definition) is 2. The topological polar surface area (TPSA) is 38.0 Å². The fourth-order valence-corrected chi connectivity index (χ4v) is 2.42. The Kier molecular flexibility index (Phi) is 10.3. The summed E-state index contributed by atoms with van der Waals surface area (Å²) in [5.41, 5.74) is 7.53. The second-order valence-electron chi connectivity index (χ2n) is 5.76. The van der Waals surface area contributed by atoms with E-state index < -0.39 is 0 Å². The van der Waals surface area contributed by atoms with E-state index in [0.29, 0.717) is 0 Å². The molecule has 0 saturated heterocycles. The maximum Gasteiger partial charge on any atom is 0.0168 e. The van der Waals surface area contributed by atoms with E-state index in [1.165, 1.54) is 44.1 Å². The van der Waals surface area contributed by atoms with Gasteiger partial charge in [-0.3, -0.25) is 0 Å². The zero-order chi connectivity index (χ0) is 14.5. The largest absolute Gasteiger partial charge is 0.327 e. The molecule has 1 aromatic carbocycles. The molecule has 0 bridgehead atoms. The molecule has 20 heavy (non-hydrogen) atoms. The lowest BCUT2D eigenvalue weighted by Crippen LogP contribution is -2.34. The zero-order valence-corrected chi connectivity index (χ0v) is 13.1. The molecule has 2 heteroatoms. The minimum absolute atomic E-state index is 0.273. The van der Waals surface area contributed by atoms with Gasteiger partial charge in [-0.25, -0.2) is 0 Å². The molecule has 0 aliphatic carbocycles. The van der Waals surface area contributed by atoms with E-state index in [9.17, 15) is 0 Å². The van der Waals surface area contributed by atoms with Crippen LogP contribution >= 0.6 is 0 Å². The number of unbranched alkanes of at least 4 members (excludes halogenated alkanes) is 5. The van der Waals surface area contributed by atoms with Crippen LogP contribution in [0.15, 0.2) is 30.3 Å². The van der Waals surface area contributed by atoms with Gasteiger partial charge in [-0.1, -0.05) is 69.4 Å². The second-order valence-corrected chi connectivity index (χ2v) is 5.76. The second kappa shape index (κ2) is 11.9. The lowest BCUT2D eigenvalue weighted by molar-refractivity contribution is 0.520. The van der Waals surface area contributed by atoms with E-state index in [0.717, 1.165) is 25.9 Å². The van der Waals surface area contributed by atoms with Crippen molar-refractivity contribution in [3.63, 3.8) is 0 Å². The van der Waals surface area contributed by atoms with Gasteiger partial charge in [0.15, 0.2) is 0 Å². The van der Waals surface area contributed by atoms with Crippen LogP contribution in [0.5, 0.6) is 0 Å². The monoisotopic (exact) mass is 276 g/mol. The highest BCUT2D eigenvalue weighted by atomic mass is 14.9. The quantitative estimate of drug-likeness (QED) is 0.568. The average Bonchev–Trinajstić information content (AvgIpc) is 2.49. The summed E-state index contributed by atoms with van der Waals surface area (Å²) in [7, 11) is 0. The molecule has 0 aliphatic rings. The van der Waals surface area contributed by atoms with Crippen LogP contribution in [0, 0.1) is 0 Å². The Morgan fingerprint density at radius 1 is 1.00 bits per heavy atom. The first-order valence-electron chi connectivity index (χ1n) is 8.33. The molecule has 0 aromatic heterocycles. The highest BCUT2D eigenvalue weighted by Crippen LogP contribution is 2.05. The average molecular weight is 276 g/mol. The van der Waals surface area contributed by atoms with E-state index in [-0.39, 0.29) is 6.04 Å².